The van der Waals surface area contributed by atoms with Gasteiger partial charge < -0.3 is 41.4 Å². The number of nitrogens with two attached hydrogens (primary N) is 2. The van der Waals surface area contributed by atoms with Gasteiger partial charge in [0.1, 0.15) is 36.8 Å². The lowest BCUT2D eigenvalue weighted by atomic mass is 10.1. The molecule has 1 aromatic carbocycles. The summed E-state index contributed by atoms with van der Waals surface area (Å²) in [7, 11) is -4.22. The van der Waals surface area contributed by atoms with Gasteiger partial charge in [-0.1, -0.05) is 26.0 Å². The van der Waals surface area contributed by atoms with Gasteiger partial charge in [-0.15, -0.1) is 0 Å². The lowest BCUT2D eigenvalue weighted by molar-refractivity contribution is -0.117. The van der Waals surface area contributed by atoms with Crippen molar-refractivity contribution in [2.45, 2.75) is 57.0 Å². The number of aliphatic hydroxyl groups is 2. The van der Waals surface area contributed by atoms with Crippen molar-refractivity contribution >= 4 is 30.8 Å². The molecular weight excluding hydrogens is 577 g/mol. The smallest absolute Gasteiger partial charge is 0.472 e. The summed E-state index contributed by atoms with van der Waals surface area (Å²) in [5, 5.41) is 23.2. The van der Waals surface area contributed by atoms with Gasteiger partial charge in [-0.2, -0.15) is 4.98 Å². The summed E-state index contributed by atoms with van der Waals surface area (Å²) in [6.45, 7) is 4.55. The number of aromatic amines is 1. The zero-order valence-corrected chi connectivity index (χ0v) is 23.7. The van der Waals surface area contributed by atoms with Gasteiger partial charge in [0.25, 0.3) is 5.56 Å². The van der Waals surface area contributed by atoms with Gasteiger partial charge in [0.05, 0.1) is 19.4 Å². The van der Waals surface area contributed by atoms with Crippen LogP contribution in [0.25, 0.3) is 11.2 Å². The molecule has 17 nitrogen and oxygen atoms in total. The van der Waals surface area contributed by atoms with E-state index in [2.05, 4.69) is 24.8 Å². The van der Waals surface area contributed by atoms with Gasteiger partial charge in [-0.05, 0) is 17.7 Å². The Morgan fingerprint density at radius 3 is 2.71 bits per heavy atom. The molecular formula is C24H34N7O10P. The van der Waals surface area contributed by atoms with Crippen LogP contribution in [0.4, 0.5) is 5.95 Å². The third-order valence-corrected chi connectivity index (χ3v) is 7.18. The molecule has 6 atom stereocenters. The van der Waals surface area contributed by atoms with Crippen molar-refractivity contribution in [1.82, 2.24) is 24.8 Å². The molecule has 0 spiro atoms. The zero-order chi connectivity index (χ0) is 30.6. The molecule has 42 heavy (non-hydrogen) atoms. The van der Waals surface area contributed by atoms with Gasteiger partial charge in [-0.3, -0.25) is 28.2 Å². The minimum Gasteiger partial charge on any atom is -0.491 e. The first-order valence-corrected chi connectivity index (χ1v) is 14.5. The van der Waals surface area contributed by atoms with Crippen molar-refractivity contribution in [1.29, 1.82) is 0 Å². The molecule has 2 aliphatic rings. The van der Waals surface area contributed by atoms with E-state index in [0.29, 0.717) is 18.3 Å². The zero-order valence-electron chi connectivity index (χ0n) is 22.8. The van der Waals surface area contributed by atoms with Crippen LogP contribution in [0.5, 0.6) is 5.75 Å². The highest BCUT2D eigenvalue weighted by atomic mass is 31.2. The van der Waals surface area contributed by atoms with Gasteiger partial charge in [0.2, 0.25) is 11.9 Å². The lowest BCUT2D eigenvalue weighted by Crippen LogP contribution is -2.39. The number of phosphoric acid groups is 1. The summed E-state index contributed by atoms with van der Waals surface area (Å²) in [5.74, 6) is 0.189. The third kappa shape index (κ3) is 7.90. The Morgan fingerprint density at radius 2 is 2.05 bits per heavy atom. The predicted molar refractivity (Wildman–Crippen MR) is 147 cm³/mol. The Labute approximate surface area is 239 Å². The summed E-state index contributed by atoms with van der Waals surface area (Å²) < 4.78 is 33.4. The fourth-order valence-corrected chi connectivity index (χ4v) is 5.19. The van der Waals surface area contributed by atoms with Crippen LogP contribution in [-0.2, 0) is 29.6 Å². The number of imidazole rings is 1. The van der Waals surface area contributed by atoms with E-state index in [4.69, 9.17) is 25.5 Å². The maximum Gasteiger partial charge on any atom is 0.472 e. The third-order valence-electron chi connectivity index (χ3n) is 6.20. The number of amides is 1. The van der Waals surface area contributed by atoms with Crippen LogP contribution >= 0.6 is 7.82 Å². The normalized spacial score (nSPS) is 26.0. The van der Waals surface area contributed by atoms with Crippen LogP contribution in [-0.4, -0.2) is 90.7 Å². The summed E-state index contributed by atoms with van der Waals surface area (Å²) in [6, 6.07) is 7.45. The fourth-order valence-electron chi connectivity index (χ4n) is 4.22. The maximum atomic E-state index is 11.8. The second kappa shape index (κ2) is 13.3. The maximum absolute atomic E-state index is 11.8. The Kier molecular flexibility index (Phi) is 9.96. The minimum atomic E-state index is -4.22. The number of carbonyl (C=O) groups excluding carboxylic acids is 1. The number of anilines is 1. The number of carbonyl (C=O) groups is 1. The van der Waals surface area contributed by atoms with Crippen molar-refractivity contribution < 1.29 is 43.0 Å². The average Bonchev–Trinajstić information content (AvgIpc) is 3.47. The molecule has 18 heteroatoms. The molecule has 3 aromatic rings. The van der Waals surface area contributed by atoms with Crippen LogP contribution in [0.3, 0.4) is 0 Å². The number of hydrogen-bond donors (Lipinski definition) is 7. The first-order valence-electron chi connectivity index (χ1n) is 13.0. The number of fused-ring (bicyclic) bond motifs is 2. The van der Waals surface area contributed by atoms with E-state index in [1.165, 1.54) is 10.9 Å². The van der Waals surface area contributed by atoms with Gasteiger partial charge >= 0.3 is 7.82 Å². The molecule has 2 saturated heterocycles. The Hall–Kier alpha value is -3.41. The van der Waals surface area contributed by atoms with E-state index in [1.54, 1.807) is 24.3 Å². The molecule has 5 rings (SSSR count). The lowest BCUT2D eigenvalue weighted by Gasteiger charge is -2.27. The molecule has 0 saturated carbocycles. The summed E-state index contributed by atoms with van der Waals surface area (Å²) >= 11 is 0. The van der Waals surface area contributed by atoms with Crippen molar-refractivity contribution in [2.75, 3.05) is 25.5 Å². The molecule has 2 fully saturated rings. The number of primary amides is 1. The quantitative estimate of drug-likeness (QED) is 0.142. The standard InChI is InChI=1S/C14H22N2O3.C10H12N5O7P/c1-10(2)16-8-12(17)9-19-13-5-3-11(4-6-13)7-14(15)18;11-10-13-7-4(8(17)14-10)12-2-15(7)9-5(16)6-3(21-9)1-20-23(18,19)22-6/h3-6,10,12,16-17H,7-9H2,1-2H3,(H2,15,18);2-3,5-6,9,16H,1H2,(H,18,19)(H3,11,13,14,17)/t;3-,5-,6-,9-/m.1/s1. The molecule has 0 bridgehead atoms. The van der Waals surface area contributed by atoms with Crippen molar-refractivity contribution in [3.05, 3.63) is 46.5 Å². The monoisotopic (exact) mass is 611 g/mol. The summed E-state index contributed by atoms with van der Waals surface area (Å²) in [5.41, 5.74) is 11.1. The molecule has 2 unspecified atom stereocenters. The topological polar surface area (TPSA) is 259 Å². The van der Waals surface area contributed by atoms with Crippen LogP contribution in [0, 0.1) is 0 Å². The molecule has 0 radical (unpaired) electrons. The van der Waals surface area contributed by atoms with E-state index in [-0.39, 0.29) is 42.7 Å². The molecule has 0 aliphatic carbocycles. The highest BCUT2D eigenvalue weighted by molar-refractivity contribution is 7.47. The van der Waals surface area contributed by atoms with E-state index in [9.17, 15) is 29.3 Å². The highest BCUT2D eigenvalue weighted by Gasteiger charge is 2.52. The number of nitrogen functional groups attached to an aromatic ring is 1. The second-order valence-corrected chi connectivity index (χ2v) is 11.4. The number of phosphoric ester groups is 1. The number of nitrogens with zero attached hydrogens (tertiary/aromatic N) is 3. The predicted octanol–water partition coefficient (Wildman–Crippen LogP) is -1.07. The fraction of sp³-hybridized carbons (Fsp3) is 0.500. The van der Waals surface area contributed by atoms with E-state index < -0.39 is 44.0 Å². The number of aliphatic hydroxyl groups excluding tert-OH is 2. The molecule has 230 valence electrons. The number of benzene rings is 1. The number of H-pyrrole nitrogens is 1. The number of hydrogen-bond acceptors (Lipinski definition) is 13. The van der Waals surface area contributed by atoms with Crippen molar-refractivity contribution in [3.63, 3.8) is 0 Å². The highest BCUT2D eigenvalue weighted by Crippen LogP contribution is 2.52. The first kappa shape index (κ1) is 31.5. The first-order chi connectivity index (χ1) is 19.8. The molecule has 1 amide bonds. The Morgan fingerprint density at radius 1 is 1.33 bits per heavy atom. The Balaban J connectivity index is 0.000000198. The summed E-state index contributed by atoms with van der Waals surface area (Å²) in [6.07, 6.45) is -3.18. The SMILES string of the molecule is CC(C)NCC(O)COc1ccc(CC(N)=O)cc1.Nc1nc2c(ncn2[C@@H]2O[C@@H]3COP(=O)(O)O[C@H]3[C@H]2O)c(=O)[nH]1. The van der Waals surface area contributed by atoms with Crippen LogP contribution in [0.1, 0.15) is 25.6 Å². The number of nitrogens with one attached hydrogen (secondary N) is 2. The van der Waals surface area contributed by atoms with Crippen LogP contribution in [0.15, 0.2) is 35.4 Å². The van der Waals surface area contributed by atoms with Gasteiger partial charge in [-0.25, -0.2) is 9.55 Å². The molecule has 9 N–H and O–H groups in total. The minimum absolute atomic E-state index is 0.0230. The van der Waals surface area contributed by atoms with Crippen molar-refractivity contribution in [2.24, 2.45) is 5.73 Å². The van der Waals surface area contributed by atoms with Crippen LogP contribution < -0.4 is 27.1 Å². The van der Waals surface area contributed by atoms with Gasteiger partial charge in [0, 0.05) is 12.6 Å². The number of ether oxygens (including phenoxy) is 2. The summed E-state index contributed by atoms with van der Waals surface area (Å²) in [4.78, 5) is 42.1. The average molecular weight is 612 g/mol. The van der Waals surface area contributed by atoms with Gasteiger partial charge in [0.15, 0.2) is 17.4 Å². The van der Waals surface area contributed by atoms with Crippen molar-refractivity contribution in [3.8, 4) is 5.75 Å². The molecule has 4 heterocycles. The molecule has 2 aromatic heterocycles. The van der Waals surface area contributed by atoms with E-state index >= 15 is 0 Å². The second-order valence-electron chi connectivity index (χ2n) is 9.98. The largest absolute Gasteiger partial charge is 0.491 e. The van der Waals surface area contributed by atoms with E-state index in [1.807, 2.05) is 13.8 Å². The number of rotatable bonds is 9. The number of aromatic nitrogens is 4. The Bertz CT molecular complexity index is 1480. The van der Waals surface area contributed by atoms with E-state index in [0.717, 1.165) is 5.56 Å². The molecule has 2 aliphatic heterocycles. The van der Waals surface area contributed by atoms with Crippen LogP contribution in [0.2, 0.25) is 0 Å².